The highest BCUT2D eigenvalue weighted by molar-refractivity contribution is 5.99. The number of nitrogens with one attached hydrogen (secondary N) is 1. The molecular weight excluding hydrogens is 230 g/mol. The van der Waals surface area contributed by atoms with Gasteiger partial charge in [-0.1, -0.05) is 24.8 Å². The molecule has 0 saturated carbocycles. The molecule has 1 amide bonds. The summed E-state index contributed by atoms with van der Waals surface area (Å²) in [6.07, 6.45) is 0.131. The number of para-hydroxylation sites is 1. The first kappa shape index (κ1) is 12.4. The van der Waals surface area contributed by atoms with Crippen molar-refractivity contribution in [1.29, 1.82) is 0 Å². The van der Waals surface area contributed by atoms with Gasteiger partial charge in [-0.15, -0.1) is 0 Å². The highest BCUT2D eigenvalue weighted by Gasteiger charge is 2.31. The van der Waals surface area contributed by atoms with E-state index < -0.39 is 5.92 Å². The quantitative estimate of drug-likeness (QED) is 0.656. The summed E-state index contributed by atoms with van der Waals surface area (Å²) in [7, 11) is 0. The average Bonchev–Trinajstić information content (AvgIpc) is 2.34. The normalized spacial score (nSPS) is 17.6. The van der Waals surface area contributed by atoms with Crippen molar-refractivity contribution >= 4 is 17.6 Å². The minimum Gasteiger partial charge on any atom is -0.461 e. The summed E-state index contributed by atoms with van der Waals surface area (Å²) in [5.41, 5.74) is 2.27. The number of hydrogen-bond donors (Lipinski definition) is 1. The van der Waals surface area contributed by atoms with Crippen LogP contribution in [0.5, 0.6) is 0 Å². The number of hydrogen-bond acceptors (Lipinski definition) is 3. The predicted octanol–water partition coefficient (Wildman–Crippen LogP) is 2.23. The highest BCUT2D eigenvalue weighted by Crippen LogP contribution is 2.32. The minimum atomic E-state index is -0.519. The maximum absolute atomic E-state index is 12.0. The topological polar surface area (TPSA) is 55.4 Å². The van der Waals surface area contributed by atoms with Gasteiger partial charge in [0.05, 0.1) is 5.92 Å². The molecule has 1 N–H and O–H groups in total. The summed E-state index contributed by atoms with van der Waals surface area (Å²) in [4.78, 5) is 23.5. The lowest BCUT2D eigenvalue weighted by atomic mass is 9.91. The fourth-order valence-corrected chi connectivity index (χ4v) is 1.92. The van der Waals surface area contributed by atoms with Crippen LogP contribution in [-0.4, -0.2) is 18.5 Å². The van der Waals surface area contributed by atoms with E-state index in [0.717, 1.165) is 11.1 Å². The number of rotatable bonds is 3. The first-order chi connectivity index (χ1) is 8.58. The number of ether oxygens (including phenoxy) is 1. The van der Waals surface area contributed by atoms with E-state index >= 15 is 0 Å². The first-order valence-electron chi connectivity index (χ1n) is 5.77. The molecule has 1 atom stereocenters. The van der Waals surface area contributed by atoms with Gasteiger partial charge in [-0.3, -0.25) is 9.59 Å². The van der Waals surface area contributed by atoms with Gasteiger partial charge in [0.1, 0.15) is 6.61 Å². The standard InChI is InChI=1S/C14H15NO3/c1-9(2)8-18-14(17)11-7-13(16)15-12-6-4-3-5-10(11)12/h3-6,11H,1,7-8H2,2H3,(H,15,16). The first-order valence-corrected chi connectivity index (χ1v) is 5.77. The van der Waals surface area contributed by atoms with Crippen molar-refractivity contribution in [1.82, 2.24) is 0 Å². The zero-order valence-corrected chi connectivity index (χ0v) is 10.2. The predicted molar refractivity (Wildman–Crippen MR) is 68.2 cm³/mol. The molecule has 0 aliphatic carbocycles. The number of anilines is 1. The Morgan fingerprint density at radius 1 is 1.50 bits per heavy atom. The molecule has 1 aromatic carbocycles. The molecule has 18 heavy (non-hydrogen) atoms. The molecule has 4 heteroatoms. The van der Waals surface area contributed by atoms with E-state index in [9.17, 15) is 9.59 Å². The van der Waals surface area contributed by atoms with Crippen LogP contribution < -0.4 is 5.32 Å². The second-order valence-electron chi connectivity index (χ2n) is 4.46. The molecule has 1 heterocycles. The van der Waals surface area contributed by atoms with Crippen molar-refractivity contribution in [2.75, 3.05) is 11.9 Å². The van der Waals surface area contributed by atoms with E-state index in [0.29, 0.717) is 5.69 Å². The number of esters is 1. The second-order valence-corrected chi connectivity index (χ2v) is 4.46. The molecule has 0 fully saturated rings. The smallest absolute Gasteiger partial charge is 0.314 e. The largest absolute Gasteiger partial charge is 0.461 e. The maximum atomic E-state index is 12.0. The Hall–Kier alpha value is -2.10. The SMILES string of the molecule is C=C(C)COC(=O)C1CC(=O)Nc2ccccc21. The molecule has 1 unspecified atom stereocenters. The van der Waals surface area contributed by atoms with Crippen LogP contribution in [0.3, 0.4) is 0 Å². The van der Waals surface area contributed by atoms with Crippen molar-refractivity contribution in [3.05, 3.63) is 42.0 Å². The molecule has 0 radical (unpaired) electrons. The third kappa shape index (κ3) is 2.59. The van der Waals surface area contributed by atoms with E-state index in [1.165, 1.54) is 0 Å². The molecule has 0 bridgehead atoms. The lowest BCUT2D eigenvalue weighted by molar-refractivity contribution is -0.145. The molecular formula is C14H15NO3. The lowest BCUT2D eigenvalue weighted by Crippen LogP contribution is -2.28. The molecule has 1 aliphatic rings. The van der Waals surface area contributed by atoms with Gasteiger partial charge in [0.15, 0.2) is 0 Å². The molecule has 2 rings (SSSR count). The molecule has 1 aromatic rings. The Kier molecular flexibility index (Phi) is 3.46. The highest BCUT2D eigenvalue weighted by atomic mass is 16.5. The van der Waals surface area contributed by atoms with E-state index in [4.69, 9.17) is 4.74 Å². The molecule has 1 aliphatic heterocycles. The van der Waals surface area contributed by atoms with Gasteiger partial charge in [-0.05, 0) is 24.1 Å². The van der Waals surface area contributed by atoms with Crippen molar-refractivity contribution in [3.63, 3.8) is 0 Å². The van der Waals surface area contributed by atoms with Crippen LogP contribution in [0.4, 0.5) is 5.69 Å². The van der Waals surface area contributed by atoms with Gasteiger partial charge in [-0.25, -0.2) is 0 Å². The molecule has 0 aromatic heterocycles. The summed E-state index contributed by atoms with van der Waals surface area (Å²) in [6, 6.07) is 7.28. The molecule has 4 nitrogen and oxygen atoms in total. The summed E-state index contributed by atoms with van der Waals surface area (Å²) in [5, 5.41) is 2.75. The number of carbonyl (C=O) groups excluding carboxylic acids is 2. The fraction of sp³-hybridized carbons (Fsp3) is 0.286. The zero-order valence-electron chi connectivity index (χ0n) is 10.2. The van der Waals surface area contributed by atoms with Crippen LogP contribution in [0.1, 0.15) is 24.8 Å². The van der Waals surface area contributed by atoms with Gasteiger partial charge in [0, 0.05) is 12.1 Å². The van der Waals surface area contributed by atoms with Crippen LogP contribution in [0, 0.1) is 0 Å². The van der Waals surface area contributed by atoms with Crippen molar-refractivity contribution in [2.45, 2.75) is 19.3 Å². The van der Waals surface area contributed by atoms with Gasteiger partial charge < -0.3 is 10.1 Å². The monoisotopic (exact) mass is 245 g/mol. The minimum absolute atomic E-state index is 0.131. The Labute approximate surface area is 106 Å². The van der Waals surface area contributed by atoms with Crippen LogP contribution >= 0.6 is 0 Å². The van der Waals surface area contributed by atoms with Crippen LogP contribution in [-0.2, 0) is 14.3 Å². The van der Waals surface area contributed by atoms with Gasteiger partial charge in [-0.2, -0.15) is 0 Å². The average molecular weight is 245 g/mol. The number of benzene rings is 1. The summed E-state index contributed by atoms with van der Waals surface area (Å²) in [5.74, 6) is -1.06. The van der Waals surface area contributed by atoms with Crippen LogP contribution in [0.2, 0.25) is 0 Å². The number of carbonyl (C=O) groups is 2. The Bertz CT molecular complexity index is 508. The van der Waals surface area contributed by atoms with Gasteiger partial charge >= 0.3 is 5.97 Å². The third-order valence-corrected chi connectivity index (χ3v) is 2.75. The van der Waals surface area contributed by atoms with Crippen molar-refractivity contribution in [2.24, 2.45) is 0 Å². The van der Waals surface area contributed by atoms with Gasteiger partial charge in [0.25, 0.3) is 0 Å². The Balaban J connectivity index is 2.20. The van der Waals surface area contributed by atoms with Crippen molar-refractivity contribution in [3.8, 4) is 0 Å². The summed E-state index contributed by atoms with van der Waals surface area (Å²) in [6.45, 7) is 5.66. The van der Waals surface area contributed by atoms with Gasteiger partial charge in [0.2, 0.25) is 5.91 Å². The fourth-order valence-electron chi connectivity index (χ4n) is 1.92. The summed E-state index contributed by atoms with van der Waals surface area (Å²) >= 11 is 0. The van der Waals surface area contributed by atoms with Crippen LogP contribution in [0.15, 0.2) is 36.4 Å². The van der Waals surface area contributed by atoms with Crippen LogP contribution in [0.25, 0.3) is 0 Å². The van der Waals surface area contributed by atoms with E-state index in [1.807, 2.05) is 18.2 Å². The second kappa shape index (κ2) is 5.04. The maximum Gasteiger partial charge on any atom is 0.314 e. The number of amides is 1. The summed E-state index contributed by atoms with van der Waals surface area (Å²) < 4.78 is 5.13. The Morgan fingerprint density at radius 3 is 2.94 bits per heavy atom. The van der Waals surface area contributed by atoms with E-state index in [2.05, 4.69) is 11.9 Å². The lowest BCUT2D eigenvalue weighted by Gasteiger charge is -2.24. The molecule has 0 spiro atoms. The molecule has 94 valence electrons. The van der Waals surface area contributed by atoms with E-state index in [-0.39, 0.29) is 24.9 Å². The zero-order chi connectivity index (χ0) is 13.1. The number of fused-ring (bicyclic) bond motifs is 1. The van der Waals surface area contributed by atoms with E-state index in [1.54, 1.807) is 13.0 Å². The Morgan fingerprint density at radius 2 is 2.22 bits per heavy atom. The molecule has 0 saturated heterocycles. The van der Waals surface area contributed by atoms with Crippen molar-refractivity contribution < 1.29 is 14.3 Å². The third-order valence-electron chi connectivity index (χ3n) is 2.75.